The molecule has 0 atom stereocenters. The molecule has 0 bridgehead atoms. The lowest BCUT2D eigenvalue weighted by Gasteiger charge is -2.41. The van der Waals surface area contributed by atoms with E-state index in [0.717, 1.165) is 35.4 Å². The molecule has 1 fully saturated rings. The largest absolute Gasteiger partial charge is 0.370 e. The van der Waals surface area contributed by atoms with Crippen LogP contribution in [-0.2, 0) is 9.59 Å². The van der Waals surface area contributed by atoms with Gasteiger partial charge < -0.3 is 15.6 Å². The van der Waals surface area contributed by atoms with Crippen LogP contribution >= 0.6 is 0 Å². The Labute approximate surface area is 147 Å². The van der Waals surface area contributed by atoms with Crippen molar-refractivity contribution in [1.29, 1.82) is 0 Å². The highest BCUT2D eigenvalue weighted by Gasteiger charge is 2.32. The molecule has 1 amide bonds. The van der Waals surface area contributed by atoms with E-state index in [1.807, 2.05) is 33.2 Å². The highest BCUT2D eigenvalue weighted by atomic mass is 16.1. The Hall–Kier alpha value is -2.63. The second kappa shape index (κ2) is 6.35. The summed E-state index contributed by atoms with van der Waals surface area (Å²) in [5, 5.41) is 0.948. The second-order valence-electron chi connectivity index (χ2n) is 7.72. The monoisotopic (exact) mass is 340 g/mol. The molecule has 0 spiro atoms. The molecule has 0 aliphatic carbocycles. The molecule has 0 unspecified atom stereocenters. The molecule has 132 valence electrons. The predicted octanol–water partition coefficient (Wildman–Crippen LogP) is 2.50. The molecule has 6 nitrogen and oxygen atoms in total. The fraction of sp³-hybridized carbons (Fsp3) is 0.421. The Morgan fingerprint density at radius 3 is 2.76 bits per heavy atom. The Bertz CT molecular complexity index is 839. The highest BCUT2D eigenvalue weighted by Crippen LogP contribution is 2.31. The van der Waals surface area contributed by atoms with Gasteiger partial charge in [-0.2, -0.15) is 0 Å². The fourth-order valence-electron chi connectivity index (χ4n) is 2.97. The van der Waals surface area contributed by atoms with Crippen molar-refractivity contribution in [2.75, 3.05) is 18.0 Å². The van der Waals surface area contributed by atoms with E-state index in [-0.39, 0.29) is 5.41 Å². The lowest BCUT2D eigenvalue weighted by Crippen LogP contribution is -2.48. The molecule has 0 radical (unpaired) electrons. The van der Waals surface area contributed by atoms with E-state index in [4.69, 9.17) is 5.73 Å². The van der Waals surface area contributed by atoms with Crippen LogP contribution < -0.4 is 10.6 Å². The number of H-pyrrole nitrogens is 1. The Balaban J connectivity index is 1.70. The Morgan fingerprint density at radius 1 is 1.40 bits per heavy atom. The van der Waals surface area contributed by atoms with Crippen molar-refractivity contribution in [3.05, 3.63) is 30.1 Å². The van der Waals surface area contributed by atoms with Gasteiger partial charge in [0.1, 0.15) is 11.4 Å². The predicted molar refractivity (Wildman–Crippen MR) is 99.1 cm³/mol. The Morgan fingerprint density at radius 2 is 2.12 bits per heavy atom. The van der Waals surface area contributed by atoms with Gasteiger partial charge in [0.2, 0.25) is 5.91 Å². The maximum absolute atomic E-state index is 12.1. The summed E-state index contributed by atoms with van der Waals surface area (Å²) in [6.07, 6.45) is 7.30. The van der Waals surface area contributed by atoms with Crippen molar-refractivity contribution in [3.8, 4) is 0 Å². The average molecular weight is 340 g/mol. The molecular formula is C19H24N4O2. The summed E-state index contributed by atoms with van der Waals surface area (Å²) < 4.78 is 0. The number of nitrogens with zero attached hydrogens (tertiary/aromatic N) is 2. The summed E-state index contributed by atoms with van der Waals surface area (Å²) in [6.45, 7) is 7.64. The van der Waals surface area contributed by atoms with Crippen LogP contribution in [0.4, 0.5) is 5.69 Å². The van der Waals surface area contributed by atoms with Gasteiger partial charge in [0.25, 0.3) is 0 Å². The topological polar surface area (TPSA) is 92.1 Å². The third-order valence-electron chi connectivity index (χ3n) is 4.61. The van der Waals surface area contributed by atoms with Gasteiger partial charge in [-0.3, -0.25) is 9.59 Å². The molecular weight excluding hydrogens is 316 g/mol. The van der Waals surface area contributed by atoms with E-state index in [1.54, 1.807) is 6.08 Å². The fourth-order valence-corrected chi connectivity index (χ4v) is 2.97. The zero-order valence-electron chi connectivity index (χ0n) is 14.9. The lowest BCUT2D eigenvalue weighted by atomic mass is 9.82. The van der Waals surface area contributed by atoms with Gasteiger partial charge in [-0.1, -0.05) is 20.8 Å². The number of aromatic amines is 1. The van der Waals surface area contributed by atoms with Crippen molar-refractivity contribution in [3.63, 3.8) is 0 Å². The van der Waals surface area contributed by atoms with Crippen molar-refractivity contribution < 1.29 is 9.59 Å². The number of hydrogen-bond acceptors (Lipinski definition) is 4. The van der Waals surface area contributed by atoms with E-state index in [1.165, 1.54) is 6.08 Å². The number of anilines is 1. The van der Waals surface area contributed by atoms with Gasteiger partial charge in [0, 0.05) is 54.1 Å². The van der Waals surface area contributed by atoms with Crippen molar-refractivity contribution >= 4 is 34.5 Å². The minimum absolute atomic E-state index is 0.270. The molecule has 25 heavy (non-hydrogen) atoms. The number of carbonyl (C=O) groups is 2. The number of primary amides is 1. The minimum Gasteiger partial charge on any atom is -0.370 e. The number of carbonyl (C=O) groups excluding carboxylic acids is 2. The van der Waals surface area contributed by atoms with Crippen LogP contribution in [0.2, 0.25) is 0 Å². The summed E-state index contributed by atoms with van der Waals surface area (Å²) in [5.41, 5.74) is 7.57. The van der Waals surface area contributed by atoms with E-state index in [9.17, 15) is 9.59 Å². The van der Waals surface area contributed by atoms with Crippen LogP contribution in [0.5, 0.6) is 0 Å². The number of hydrogen-bond donors (Lipinski definition) is 2. The van der Waals surface area contributed by atoms with Crippen LogP contribution in [0.3, 0.4) is 0 Å². The SMILES string of the molecule is CC(C)(C)C(=O)CC1CN(c2cnc3[nH]cc(/C=C/C(N)=O)c3c2)C1. The molecule has 2 aromatic heterocycles. The van der Waals surface area contributed by atoms with Crippen molar-refractivity contribution in [2.24, 2.45) is 17.1 Å². The number of amides is 1. The zero-order valence-corrected chi connectivity index (χ0v) is 14.9. The van der Waals surface area contributed by atoms with Gasteiger partial charge >= 0.3 is 0 Å². The van der Waals surface area contributed by atoms with Gasteiger partial charge in [0.15, 0.2) is 0 Å². The lowest BCUT2D eigenvalue weighted by molar-refractivity contribution is -0.127. The average Bonchev–Trinajstić information content (AvgIpc) is 2.89. The van der Waals surface area contributed by atoms with Crippen LogP contribution in [0.25, 0.3) is 17.1 Å². The molecule has 3 rings (SSSR count). The first-order valence-electron chi connectivity index (χ1n) is 8.47. The quantitative estimate of drug-likeness (QED) is 0.818. The number of rotatable bonds is 5. The van der Waals surface area contributed by atoms with Gasteiger partial charge in [-0.15, -0.1) is 0 Å². The minimum atomic E-state index is -0.479. The normalized spacial score (nSPS) is 15.7. The molecule has 3 N–H and O–H groups in total. The number of fused-ring (bicyclic) bond motifs is 1. The number of ketones is 1. The van der Waals surface area contributed by atoms with Crippen molar-refractivity contribution in [2.45, 2.75) is 27.2 Å². The molecule has 6 heteroatoms. The van der Waals surface area contributed by atoms with Gasteiger partial charge in [0.05, 0.1) is 11.9 Å². The van der Waals surface area contributed by atoms with E-state index >= 15 is 0 Å². The Kier molecular flexibility index (Phi) is 4.37. The number of aromatic nitrogens is 2. The summed E-state index contributed by atoms with van der Waals surface area (Å²) in [4.78, 5) is 32.8. The molecule has 0 aromatic carbocycles. The maximum Gasteiger partial charge on any atom is 0.241 e. The maximum atomic E-state index is 12.1. The number of pyridine rings is 1. The number of Topliss-reactive ketones (excluding diaryl/α,β-unsaturated/α-hetero) is 1. The summed E-state index contributed by atoms with van der Waals surface area (Å²) in [6, 6.07) is 2.06. The third kappa shape index (κ3) is 3.73. The first-order valence-corrected chi connectivity index (χ1v) is 8.47. The van der Waals surface area contributed by atoms with E-state index < -0.39 is 5.91 Å². The number of nitrogens with two attached hydrogens (primary N) is 1. The second-order valence-corrected chi connectivity index (χ2v) is 7.72. The standard InChI is InChI=1S/C19H24N4O2/c1-19(2,3)16(24)6-12-10-23(11-12)14-7-15-13(4-5-17(20)25)8-21-18(15)22-9-14/h4-5,7-9,12H,6,10-11H2,1-3H3,(H2,20,25)(H,21,22)/b5-4+. The summed E-state index contributed by atoms with van der Waals surface area (Å²) >= 11 is 0. The third-order valence-corrected chi connectivity index (χ3v) is 4.61. The molecule has 1 aliphatic heterocycles. The van der Waals surface area contributed by atoms with Crippen LogP contribution in [0, 0.1) is 11.3 Å². The molecule has 0 saturated carbocycles. The summed E-state index contributed by atoms with van der Waals surface area (Å²) in [5.74, 6) is 0.241. The first-order chi connectivity index (χ1) is 11.7. The molecule has 3 heterocycles. The smallest absolute Gasteiger partial charge is 0.241 e. The first kappa shape index (κ1) is 17.2. The molecule has 1 aliphatic rings. The zero-order chi connectivity index (χ0) is 18.2. The van der Waals surface area contributed by atoms with Gasteiger partial charge in [-0.05, 0) is 12.1 Å². The van der Waals surface area contributed by atoms with Crippen LogP contribution in [0.1, 0.15) is 32.8 Å². The highest BCUT2D eigenvalue weighted by molar-refractivity contribution is 5.95. The van der Waals surface area contributed by atoms with Gasteiger partial charge in [-0.25, -0.2) is 4.98 Å². The van der Waals surface area contributed by atoms with Crippen LogP contribution in [0.15, 0.2) is 24.5 Å². The molecule has 1 saturated heterocycles. The van der Waals surface area contributed by atoms with E-state index in [2.05, 4.69) is 20.9 Å². The van der Waals surface area contributed by atoms with Crippen LogP contribution in [-0.4, -0.2) is 34.7 Å². The molecule has 2 aromatic rings. The van der Waals surface area contributed by atoms with Crippen molar-refractivity contribution in [1.82, 2.24) is 9.97 Å². The summed E-state index contributed by atoms with van der Waals surface area (Å²) in [7, 11) is 0. The number of nitrogens with one attached hydrogen (secondary N) is 1. The van der Waals surface area contributed by atoms with E-state index in [0.29, 0.717) is 18.1 Å².